The van der Waals surface area contributed by atoms with E-state index in [-0.39, 0.29) is 30.2 Å². The van der Waals surface area contributed by atoms with Crippen molar-refractivity contribution in [3.05, 3.63) is 118 Å². The summed E-state index contributed by atoms with van der Waals surface area (Å²) in [6.07, 6.45) is 6.25. The molecule has 5 rings (SSSR count). The Hall–Kier alpha value is -4.89. The Bertz CT molecular complexity index is 1590. The van der Waals surface area contributed by atoms with E-state index in [2.05, 4.69) is 33.1 Å². The number of hydrogen-bond donors (Lipinski definition) is 3. The number of rotatable bonds is 9. The van der Waals surface area contributed by atoms with Gasteiger partial charge in [0.25, 0.3) is 0 Å². The topological polar surface area (TPSA) is 137 Å². The third kappa shape index (κ3) is 5.85. The monoisotopic (exact) mass is 551 g/mol. The number of aliphatic hydroxyl groups is 1. The summed E-state index contributed by atoms with van der Waals surface area (Å²) in [5.41, 5.74) is 17.9. The number of ketones is 1. The summed E-state index contributed by atoms with van der Waals surface area (Å²) in [7, 11) is 3.04. The van der Waals surface area contributed by atoms with Crippen molar-refractivity contribution in [1.82, 2.24) is 14.9 Å². The van der Waals surface area contributed by atoms with Gasteiger partial charge in [0.2, 0.25) is 5.95 Å². The Kier molecular flexibility index (Phi) is 8.16. The van der Waals surface area contributed by atoms with E-state index in [1.165, 1.54) is 25.3 Å². The van der Waals surface area contributed by atoms with Gasteiger partial charge in [-0.3, -0.25) is 4.79 Å². The maximum atomic E-state index is 13.7. The number of fused-ring (bicyclic) bond motifs is 1. The average molecular weight is 552 g/mol. The molecule has 0 amide bonds. The summed E-state index contributed by atoms with van der Waals surface area (Å²) in [6, 6.07) is 19.8. The van der Waals surface area contributed by atoms with Crippen molar-refractivity contribution < 1.29 is 19.4 Å². The summed E-state index contributed by atoms with van der Waals surface area (Å²) in [5.74, 6) is 0.945. The SMILES string of the molecule is COc1cc(Cc2cnc(N)nc2N)cc(C(=O)C=CN2CCc3ccccc3C2c2ccc(CO)cc2)c1OC. The number of aromatic nitrogens is 2. The number of carbonyl (C=O) groups is 1. The molecular weight excluding hydrogens is 518 g/mol. The number of carbonyl (C=O) groups excluding carboxylic acids is 1. The van der Waals surface area contributed by atoms with E-state index in [4.69, 9.17) is 20.9 Å². The third-order valence-electron chi connectivity index (χ3n) is 7.33. The van der Waals surface area contributed by atoms with Crippen LogP contribution in [0.4, 0.5) is 11.8 Å². The number of nitrogen functional groups attached to an aromatic ring is 2. The Morgan fingerprint density at radius 1 is 1.07 bits per heavy atom. The molecule has 9 heteroatoms. The Labute approximate surface area is 239 Å². The van der Waals surface area contributed by atoms with E-state index in [0.29, 0.717) is 29.0 Å². The molecule has 1 unspecified atom stereocenters. The normalized spacial score (nSPS) is 14.6. The quantitative estimate of drug-likeness (QED) is 0.208. The Morgan fingerprint density at radius 3 is 2.56 bits per heavy atom. The number of allylic oxidation sites excluding steroid dienone is 1. The predicted octanol–water partition coefficient (Wildman–Crippen LogP) is 4.09. The van der Waals surface area contributed by atoms with E-state index in [1.807, 2.05) is 42.6 Å². The Morgan fingerprint density at radius 2 is 1.85 bits per heavy atom. The highest BCUT2D eigenvalue weighted by Crippen LogP contribution is 2.37. The highest BCUT2D eigenvalue weighted by atomic mass is 16.5. The molecule has 1 aliphatic rings. The minimum absolute atomic E-state index is 0.0119. The molecule has 2 heterocycles. The van der Waals surface area contributed by atoms with Gasteiger partial charge in [0, 0.05) is 37.0 Å². The van der Waals surface area contributed by atoms with Gasteiger partial charge in [0.05, 0.1) is 32.4 Å². The van der Waals surface area contributed by atoms with Crippen LogP contribution in [0.25, 0.3) is 0 Å². The van der Waals surface area contributed by atoms with Crippen LogP contribution < -0.4 is 20.9 Å². The smallest absolute Gasteiger partial charge is 0.221 e. The molecule has 1 aliphatic heterocycles. The fourth-order valence-electron chi connectivity index (χ4n) is 5.27. The van der Waals surface area contributed by atoms with Gasteiger partial charge in [-0.15, -0.1) is 0 Å². The van der Waals surface area contributed by atoms with Crippen LogP contribution in [0.1, 0.15) is 49.8 Å². The first-order valence-corrected chi connectivity index (χ1v) is 13.3. The standard InChI is InChI=1S/C32H33N5O4/c1-40-28-17-21(15-24-18-35-32(34)36-31(24)33)16-26(30(28)41-2)27(39)12-14-37-13-11-22-5-3-4-6-25(22)29(37)23-9-7-20(19-38)8-10-23/h3-10,12,14,16-18,29,38H,11,13,15,19H2,1-2H3,(H4,33,34,35,36). The molecule has 0 saturated carbocycles. The molecule has 1 atom stereocenters. The van der Waals surface area contributed by atoms with E-state index >= 15 is 0 Å². The molecule has 0 saturated heterocycles. The maximum absolute atomic E-state index is 13.7. The Balaban J connectivity index is 1.48. The number of hydrogen-bond acceptors (Lipinski definition) is 9. The number of nitrogens with zero attached hydrogens (tertiary/aromatic N) is 3. The number of aliphatic hydroxyl groups excluding tert-OH is 1. The first-order chi connectivity index (χ1) is 19.9. The van der Waals surface area contributed by atoms with Crippen molar-refractivity contribution in [3.63, 3.8) is 0 Å². The van der Waals surface area contributed by atoms with Crippen molar-refractivity contribution >= 4 is 17.5 Å². The van der Waals surface area contributed by atoms with Gasteiger partial charge >= 0.3 is 0 Å². The zero-order valence-corrected chi connectivity index (χ0v) is 23.1. The second kappa shape index (κ2) is 12.1. The van der Waals surface area contributed by atoms with Gasteiger partial charge in [-0.25, -0.2) is 4.98 Å². The second-order valence-corrected chi connectivity index (χ2v) is 9.86. The summed E-state index contributed by atoms with van der Waals surface area (Å²) in [6.45, 7) is 0.728. The lowest BCUT2D eigenvalue weighted by Gasteiger charge is -2.37. The van der Waals surface area contributed by atoms with Crippen LogP contribution in [0.2, 0.25) is 0 Å². The molecule has 0 fully saturated rings. The second-order valence-electron chi connectivity index (χ2n) is 9.86. The molecule has 0 spiro atoms. The van der Waals surface area contributed by atoms with E-state index in [0.717, 1.165) is 29.7 Å². The van der Waals surface area contributed by atoms with Gasteiger partial charge in [-0.2, -0.15) is 4.98 Å². The van der Waals surface area contributed by atoms with Crippen LogP contribution in [0.5, 0.6) is 11.5 Å². The van der Waals surface area contributed by atoms with Crippen molar-refractivity contribution in [1.29, 1.82) is 0 Å². The predicted molar refractivity (Wildman–Crippen MR) is 158 cm³/mol. The lowest BCUT2D eigenvalue weighted by Crippen LogP contribution is -2.32. The van der Waals surface area contributed by atoms with Crippen molar-refractivity contribution in [2.24, 2.45) is 0 Å². The van der Waals surface area contributed by atoms with E-state index < -0.39 is 0 Å². The molecule has 210 valence electrons. The fraction of sp³-hybridized carbons (Fsp3) is 0.219. The molecule has 4 aromatic rings. The molecular formula is C32H33N5O4. The van der Waals surface area contributed by atoms with Crippen molar-refractivity contribution in [2.45, 2.75) is 25.5 Å². The van der Waals surface area contributed by atoms with Crippen molar-refractivity contribution in [2.75, 3.05) is 32.2 Å². The fourth-order valence-corrected chi connectivity index (χ4v) is 5.27. The maximum Gasteiger partial charge on any atom is 0.221 e. The molecule has 3 aromatic carbocycles. The molecule has 0 aliphatic carbocycles. The zero-order chi connectivity index (χ0) is 28.9. The third-order valence-corrected chi connectivity index (χ3v) is 7.33. The molecule has 41 heavy (non-hydrogen) atoms. The summed E-state index contributed by atoms with van der Waals surface area (Å²) >= 11 is 0. The van der Waals surface area contributed by atoms with Gasteiger partial charge in [-0.1, -0.05) is 48.5 Å². The lowest BCUT2D eigenvalue weighted by atomic mass is 9.88. The minimum Gasteiger partial charge on any atom is -0.493 e. The first-order valence-electron chi connectivity index (χ1n) is 13.3. The average Bonchev–Trinajstić information content (AvgIpc) is 3.00. The van der Waals surface area contributed by atoms with Crippen molar-refractivity contribution in [3.8, 4) is 11.5 Å². The summed E-state index contributed by atoms with van der Waals surface area (Å²) in [4.78, 5) is 23.9. The van der Waals surface area contributed by atoms with Gasteiger partial charge in [0.1, 0.15) is 5.82 Å². The molecule has 1 aromatic heterocycles. The van der Waals surface area contributed by atoms with Gasteiger partial charge in [-0.05, 0) is 46.4 Å². The van der Waals surface area contributed by atoms with Crippen LogP contribution in [0.15, 0.2) is 79.1 Å². The highest BCUT2D eigenvalue weighted by molar-refractivity contribution is 6.07. The largest absolute Gasteiger partial charge is 0.493 e. The van der Waals surface area contributed by atoms with Gasteiger partial charge < -0.3 is 30.9 Å². The first kappa shape index (κ1) is 27.7. The zero-order valence-electron chi connectivity index (χ0n) is 23.1. The van der Waals surface area contributed by atoms with Crippen LogP contribution in [0.3, 0.4) is 0 Å². The van der Waals surface area contributed by atoms with Crippen LogP contribution in [-0.4, -0.2) is 46.5 Å². The minimum atomic E-state index is -0.225. The lowest BCUT2D eigenvalue weighted by molar-refractivity contribution is 0.104. The van der Waals surface area contributed by atoms with E-state index in [1.54, 1.807) is 18.3 Å². The summed E-state index contributed by atoms with van der Waals surface area (Å²) in [5, 5.41) is 9.51. The van der Waals surface area contributed by atoms with E-state index in [9.17, 15) is 9.90 Å². The molecule has 5 N–H and O–H groups in total. The molecule has 9 nitrogen and oxygen atoms in total. The number of methoxy groups -OCH3 is 2. The van der Waals surface area contributed by atoms with Crippen LogP contribution in [0, 0.1) is 0 Å². The number of benzene rings is 3. The van der Waals surface area contributed by atoms with Crippen LogP contribution in [-0.2, 0) is 19.4 Å². The molecule has 0 radical (unpaired) electrons. The highest BCUT2D eigenvalue weighted by Gasteiger charge is 2.27. The number of anilines is 2. The van der Waals surface area contributed by atoms with Crippen LogP contribution >= 0.6 is 0 Å². The molecule has 0 bridgehead atoms. The van der Waals surface area contributed by atoms with Gasteiger partial charge in [0.15, 0.2) is 17.3 Å². The summed E-state index contributed by atoms with van der Waals surface area (Å²) < 4.78 is 11.2. The number of nitrogens with two attached hydrogens (primary N) is 2. The number of ether oxygens (including phenoxy) is 2.